The number of carbonyl (C=O) groups is 2. The van der Waals surface area contributed by atoms with E-state index in [0.29, 0.717) is 23.6 Å². The van der Waals surface area contributed by atoms with Gasteiger partial charge in [-0.1, -0.05) is 18.2 Å². The van der Waals surface area contributed by atoms with Crippen LogP contribution in [-0.2, 0) is 33.6 Å². The summed E-state index contributed by atoms with van der Waals surface area (Å²) in [6, 6.07) is 11.3. The largest absolute Gasteiger partial charge is 0.493 e. The highest BCUT2D eigenvalue weighted by atomic mass is 16.6. The Morgan fingerprint density at radius 3 is 2.69 bits per heavy atom. The second kappa shape index (κ2) is 9.78. The Morgan fingerprint density at radius 2 is 1.90 bits per heavy atom. The molecule has 0 heterocycles. The molecule has 0 saturated heterocycles. The van der Waals surface area contributed by atoms with E-state index in [1.807, 2.05) is 30.3 Å². The molecule has 0 aromatic heterocycles. The summed E-state index contributed by atoms with van der Waals surface area (Å²) < 4.78 is 15.7. The van der Waals surface area contributed by atoms with Gasteiger partial charge in [-0.25, -0.2) is 4.79 Å². The van der Waals surface area contributed by atoms with Gasteiger partial charge in [-0.3, -0.25) is 4.79 Å². The Kier molecular flexibility index (Phi) is 6.89. The molecule has 2 aromatic rings. The number of methoxy groups -OCH3 is 1. The van der Waals surface area contributed by atoms with Crippen molar-refractivity contribution in [1.29, 1.82) is 0 Å². The minimum Gasteiger partial charge on any atom is -0.493 e. The molecule has 0 fully saturated rings. The molecule has 6 nitrogen and oxygen atoms in total. The molecule has 2 aromatic carbocycles. The third kappa shape index (κ3) is 5.60. The molecule has 152 valence electrons. The van der Waals surface area contributed by atoms with Crippen molar-refractivity contribution < 1.29 is 23.8 Å². The number of hydrogen-bond donors (Lipinski definition) is 1. The van der Waals surface area contributed by atoms with Crippen LogP contribution >= 0.6 is 0 Å². The molecule has 0 spiro atoms. The third-order valence-electron chi connectivity index (χ3n) is 4.70. The molecule has 0 radical (unpaired) electrons. The summed E-state index contributed by atoms with van der Waals surface area (Å²) in [5.41, 5.74) is 4.34. The van der Waals surface area contributed by atoms with Crippen LogP contribution in [0.15, 0.2) is 49.1 Å². The number of nitrogens with one attached hydrogen (secondary N) is 1. The van der Waals surface area contributed by atoms with Gasteiger partial charge in [-0.05, 0) is 66.6 Å². The van der Waals surface area contributed by atoms with Crippen molar-refractivity contribution >= 4 is 17.6 Å². The summed E-state index contributed by atoms with van der Waals surface area (Å²) in [7, 11) is 1.53. The number of carbonyl (C=O) groups excluding carboxylic acids is 2. The summed E-state index contributed by atoms with van der Waals surface area (Å²) in [6.45, 7) is 3.02. The van der Waals surface area contributed by atoms with Gasteiger partial charge in [-0.15, -0.1) is 6.58 Å². The lowest BCUT2D eigenvalue weighted by Crippen LogP contribution is -2.23. The Morgan fingerprint density at radius 1 is 1.07 bits per heavy atom. The molecule has 1 aliphatic rings. The van der Waals surface area contributed by atoms with Crippen molar-refractivity contribution in [2.75, 3.05) is 25.6 Å². The minimum atomic E-state index is -0.633. The molecule has 0 aliphatic heterocycles. The topological polar surface area (TPSA) is 73.9 Å². The maximum atomic E-state index is 12.0. The van der Waals surface area contributed by atoms with Crippen LogP contribution in [0.2, 0.25) is 0 Å². The Labute approximate surface area is 170 Å². The van der Waals surface area contributed by atoms with Gasteiger partial charge in [0.05, 0.1) is 7.11 Å². The number of benzene rings is 2. The van der Waals surface area contributed by atoms with Crippen molar-refractivity contribution in [1.82, 2.24) is 0 Å². The van der Waals surface area contributed by atoms with E-state index >= 15 is 0 Å². The maximum absolute atomic E-state index is 12.0. The number of hydrogen-bond acceptors (Lipinski definition) is 5. The van der Waals surface area contributed by atoms with Crippen molar-refractivity contribution in [3.05, 3.63) is 65.7 Å². The smallest absolute Gasteiger partial charge is 0.344 e. The molecule has 29 heavy (non-hydrogen) atoms. The molecule has 3 rings (SSSR count). The molecular weight excluding hydrogens is 370 g/mol. The van der Waals surface area contributed by atoms with E-state index in [9.17, 15) is 9.59 Å². The van der Waals surface area contributed by atoms with E-state index in [2.05, 4.69) is 11.9 Å². The van der Waals surface area contributed by atoms with Crippen LogP contribution in [-0.4, -0.2) is 32.2 Å². The lowest BCUT2D eigenvalue weighted by Gasteiger charge is -2.12. The number of allylic oxidation sites excluding steroid dienone is 1. The molecule has 6 heteroatoms. The quantitative estimate of drug-likeness (QED) is 0.520. The summed E-state index contributed by atoms with van der Waals surface area (Å²) in [6.07, 6.45) is 5.76. The average Bonchev–Trinajstić information content (AvgIpc) is 3.19. The molecule has 1 amide bonds. The molecule has 0 unspecified atom stereocenters. The van der Waals surface area contributed by atoms with Crippen LogP contribution < -0.4 is 14.8 Å². The predicted octanol–water partition coefficient (Wildman–Crippen LogP) is 3.47. The van der Waals surface area contributed by atoms with Gasteiger partial charge < -0.3 is 19.5 Å². The second-order valence-corrected chi connectivity index (χ2v) is 6.81. The average molecular weight is 395 g/mol. The van der Waals surface area contributed by atoms with Crippen LogP contribution in [0.25, 0.3) is 0 Å². The highest BCUT2D eigenvalue weighted by Crippen LogP contribution is 2.28. The van der Waals surface area contributed by atoms with Gasteiger partial charge in [-0.2, -0.15) is 0 Å². The van der Waals surface area contributed by atoms with Gasteiger partial charge in [0.25, 0.3) is 5.91 Å². The van der Waals surface area contributed by atoms with E-state index in [-0.39, 0.29) is 19.1 Å². The predicted molar refractivity (Wildman–Crippen MR) is 110 cm³/mol. The van der Waals surface area contributed by atoms with Gasteiger partial charge >= 0.3 is 5.97 Å². The highest BCUT2D eigenvalue weighted by Gasteiger charge is 2.14. The van der Waals surface area contributed by atoms with Crippen LogP contribution in [0.1, 0.15) is 23.1 Å². The molecule has 0 bridgehead atoms. The van der Waals surface area contributed by atoms with E-state index < -0.39 is 5.97 Å². The fourth-order valence-corrected chi connectivity index (χ4v) is 3.30. The number of rotatable bonds is 9. The van der Waals surface area contributed by atoms with Gasteiger partial charge in [0.15, 0.2) is 24.7 Å². The van der Waals surface area contributed by atoms with Gasteiger partial charge in [0, 0.05) is 5.69 Å². The normalized spacial score (nSPS) is 12.0. The number of amides is 1. The number of fused-ring (bicyclic) bond motifs is 1. The first-order valence-electron chi connectivity index (χ1n) is 9.57. The van der Waals surface area contributed by atoms with E-state index in [1.165, 1.54) is 18.2 Å². The van der Waals surface area contributed by atoms with E-state index in [4.69, 9.17) is 14.2 Å². The first-order valence-corrected chi connectivity index (χ1v) is 9.57. The van der Waals surface area contributed by atoms with Gasteiger partial charge in [0.2, 0.25) is 0 Å². The molecule has 1 aliphatic carbocycles. The minimum absolute atomic E-state index is 0.316. The van der Waals surface area contributed by atoms with Crippen LogP contribution in [0, 0.1) is 0 Å². The van der Waals surface area contributed by atoms with Crippen molar-refractivity contribution in [3.8, 4) is 11.5 Å². The zero-order valence-electron chi connectivity index (χ0n) is 16.5. The molecular formula is C23H25NO5. The fourth-order valence-electron chi connectivity index (χ4n) is 3.30. The number of esters is 1. The summed E-state index contributed by atoms with van der Waals surface area (Å²) in [5, 5.41) is 2.75. The first-order chi connectivity index (χ1) is 14.1. The lowest BCUT2D eigenvalue weighted by atomic mass is 10.1. The Hall–Kier alpha value is -3.28. The number of ether oxygens (including phenoxy) is 3. The SMILES string of the molecule is C=CCc1ccc(OCC(=O)OCC(=O)Nc2ccc3c(c2)CCC3)c(OC)c1. The van der Waals surface area contributed by atoms with Crippen molar-refractivity contribution in [2.24, 2.45) is 0 Å². The van der Waals surface area contributed by atoms with Crippen LogP contribution in [0.3, 0.4) is 0 Å². The Bertz CT molecular complexity index is 906. The standard InChI is InChI=1S/C23H25NO5/c1-3-5-16-8-11-20(21(12-16)27-2)28-15-23(26)29-14-22(25)24-19-10-9-17-6-4-7-18(17)13-19/h3,8-13H,1,4-7,14-15H2,2H3,(H,24,25). The Balaban J connectivity index is 1.45. The maximum Gasteiger partial charge on any atom is 0.344 e. The number of anilines is 1. The van der Waals surface area contributed by atoms with E-state index in [0.717, 1.165) is 24.8 Å². The summed E-state index contributed by atoms with van der Waals surface area (Å²) in [5.74, 6) is -0.0691. The first kappa shape index (κ1) is 20.5. The molecule has 0 saturated carbocycles. The summed E-state index contributed by atoms with van der Waals surface area (Å²) in [4.78, 5) is 23.9. The molecule has 0 atom stereocenters. The zero-order chi connectivity index (χ0) is 20.6. The summed E-state index contributed by atoms with van der Waals surface area (Å²) >= 11 is 0. The third-order valence-corrected chi connectivity index (χ3v) is 4.70. The van der Waals surface area contributed by atoms with Crippen molar-refractivity contribution in [2.45, 2.75) is 25.7 Å². The second-order valence-electron chi connectivity index (χ2n) is 6.81. The van der Waals surface area contributed by atoms with E-state index in [1.54, 1.807) is 12.1 Å². The van der Waals surface area contributed by atoms with Gasteiger partial charge in [0.1, 0.15) is 0 Å². The van der Waals surface area contributed by atoms with Crippen molar-refractivity contribution in [3.63, 3.8) is 0 Å². The van der Waals surface area contributed by atoms with Crippen LogP contribution in [0.5, 0.6) is 11.5 Å². The lowest BCUT2D eigenvalue weighted by molar-refractivity contribution is -0.149. The zero-order valence-corrected chi connectivity index (χ0v) is 16.5. The number of aryl methyl sites for hydroxylation is 2. The van der Waals surface area contributed by atoms with Crippen LogP contribution in [0.4, 0.5) is 5.69 Å². The highest BCUT2D eigenvalue weighted by molar-refractivity contribution is 5.93. The molecule has 1 N–H and O–H groups in total. The fraction of sp³-hybridized carbons (Fsp3) is 0.304. The monoisotopic (exact) mass is 395 g/mol.